The lowest BCUT2D eigenvalue weighted by Gasteiger charge is -2.33. The van der Waals surface area contributed by atoms with Gasteiger partial charge in [-0.15, -0.1) is 0 Å². The second-order valence-electron chi connectivity index (χ2n) is 8.38. The number of carbonyl (C=O) groups is 2. The number of anilines is 1. The minimum atomic E-state index is -0.380. The van der Waals surface area contributed by atoms with E-state index in [2.05, 4.69) is 0 Å². The molecule has 0 spiro atoms. The van der Waals surface area contributed by atoms with E-state index in [9.17, 15) is 14.4 Å². The summed E-state index contributed by atoms with van der Waals surface area (Å²) >= 11 is 0. The normalized spacial score (nSPS) is 13.6. The number of nitrogens with zero attached hydrogens (tertiary/aromatic N) is 3. The van der Waals surface area contributed by atoms with Crippen LogP contribution in [0.1, 0.15) is 6.92 Å². The Balaban J connectivity index is 1.55. The molecular formula is C26H29N3O6. The first-order valence-corrected chi connectivity index (χ1v) is 11.5. The molecule has 3 aromatic rings. The highest BCUT2D eigenvalue weighted by Gasteiger charge is 2.26. The van der Waals surface area contributed by atoms with Gasteiger partial charge in [0.15, 0.2) is 12.4 Å². The lowest BCUT2D eigenvalue weighted by molar-refractivity contribution is -0.135. The fourth-order valence-electron chi connectivity index (χ4n) is 3.94. The third kappa shape index (κ3) is 5.24. The fraction of sp³-hybridized carbons (Fsp3) is 0.346. The van der Waals surface area contributed by atoms with Crippen LogP contribution in [0.4, 0.5) is 10.5 Å². The molecule has 1 saturated heterocycles. The third-order valence-corrected chi connectivity index (χ3v) is 5.90. The predicted molar refractivity (Wildman–Crippen MR) is 133 cm³/mol. The first-order valence-electron chi connectivity index (χ1n) is 11.5. The van der Waals surface area contributed by atoms with E-state index < -0.39 is 0 Å². The summed E-state index contributed by atoms with van der Waals surface area (Å²) in [5, 5.41) is 0.381. The highest BCUT2D eigenvalue weighted by atomic mass is 16.6. The highest BCUT2D eigenvalue weighted by molar-refractivity contribution is 5.83. The molecule has 1 aliphatic rings. The molecule has 9 nitrogen and oxygen atoms in total. The van der Waals surface area contributed by atoms with Gasteiger partial charge in [-0.05, 0) is 43.3 Å². The van der Waals surface area contributed by atoms with E-state index in [4.69, 9.17) is 13.9 Å². The Morgan fingerprint density at radius 2 is 1.63 bits per heavy atom. The van der Waals surface area contributed by atoms with Crippen LogP contribution < -0.4 is 15.1 Å². The van der Waals surface area contributed by atoms with Crippen molar-refractivity contribution in [2.45, 2.75) is 6.92 Å². The average molecular weight is 480 g/mol. The third-order valence-electron chi connectivity index (χ3n) is 5.90. The zero-order chi connectivity index (χ0) is 24.9. The number of para-hydroxylation sites is 1. The minimum absolute atomic E-state index is 0.000174. The molecule has 0 bridgehead atoms. The number of hydrogen-bond donors (Lipinski definition) is 0. The lowest BCUT2D eigenvalue weighted by atomic mass is 10.1. The number of rotatable bonds is 6. The van der Waals surface area contributed by atoms with Crippen LogP contribution in [-0.2, 0) is 9.53 Å². The van der Waals surface area contributed by atoms with Crippen LogP contribution in [0.25, 0.3) is 22.3 Å². The smallest absolute Gasteiger partial charge is 0.409 e. The van der Waals surface area contributed by atoms with Crippen molar-refractivity contribution in [2.75, 3.05) is 58.4 Å². The SMILES string of the molecule is CCOC(=O)N1CCN(C(=O)COc2c(-c3ccc(N(C)C)cc3)oc3ccccc3c2=O)CC1. The van der Waals surface area contributed by atoms with Gasteiger partial charge < -0.3 is 28.6 Å². The molecule has 0 aliphatic carbocycles. The maximum absolute atomic E-state index is 13.3. The summed E-state index contributed by atoms with van der Waals surface area (Å²) in [6.45, 7) is 3.24. The zero-order valence-corrected chi connectivity index (χ0v) is 20.2. The van der Waals surface area contributed by atoms with Gasteiger partial charge in [0, 0.05) is 51.5 Å². The van der Waals surface area contributed by atoms with Crippen LogP contribution in [0.2, 0.25) is 0 Å². The summed E-state index contributed by atoms with van der Waals surface area (Å²) in [5.41, 5.74) is 1.77. The summed E-state index contributed by atoms with van der Waals surface area (Å²) in [5.74, 6) is 0.00808. The number of benzene rings is 2. The Labute approximate surface area is 203 Å². The van der Waals surface area contributed by atoms with Gasteiger partial charge in [0.2, 0.25) is 11.2 Å². The summed E-state index contributed by atoms with van der Waals surface area (Å²) in [6, 6.07) is 14.5. The second kappa shape index (κ2) is 10.5. The topological polar surface area (TPSA) is 92.5 Å². The molecule has 2 aromatic carbocycles. The predicted octanol–water partition coefficient (Wildman–Crippen LogP) is 3.21. The van der Waals surface area contributed by atoms with Crippen LogP contribution in [0.5, 0.6) is 5.75 Å². The number of amides is 2. The summed E-state index contributed by atoms with van der Waals surface area (Å²) < 4.78 is 16.9. The molecule has 0 unspecified atom stereocenters. The molecule has 2 heterocycles. The van der Waals surface area contributed by atoms with Gasteiger partial charge in [-0.1, -0.05) is 12.1 Å². The summed E-state index contributed by atoms with van der Waals surface area (Å²) in [7, 11) is 3.88. The molecular weight excluding hydrogens is 450 g/mol. The quantitative estimate of drug-likeness (QED) is 0.536. The molecule has 35 heavy (non-hydrogen) atoms. The lowest BCUT2D eigenvalue weighted by Crippen LogP contribution is -2.51. The molecule has 0 saturated carbocycles. The molecule has 2 amide bonds. The Morgan fingerprint density at radius 3 is 2.29 bits per heavy atom. The van der Waals surface area contributed by atoms with E-state index in [0.717, 1.165) is 5.69 Å². The van der Waals surface area contributed by atoms with Gasteiger partial charge in [-0.3, -0.25) is 9.59 Å². The largest absolute Gasteiger partial charge is 0.476 e. The summed E-state index contributed by atoms with van der Waals surface area (Å²) in [4.78, 5) is 43.2. The van der Waals surface area contributed by atoms with E-state index in [1.165, 1.54) is 0 Å². The Morgan fingerprint density at radius 1 is 0.971 bits per heavy atom. The maximum atomic E-state index is 13.3. The van der Waals surface area contributed by atoms with Crippen molar-refractivity contribution >= 4 is 28.7 Å². The highest BCUT2D eigenvalue weighted by Crippen LogP contribution is 2.32. The van der Waals surface area contributed by atoms with Crippen molar-refractivity contribution in [1.29, 1.82) is 0 Å². The van der Waals surface area contributed by atoms with Gasteiger partial charge in [-0.25, -0.2) is 4.79 Å². The molecule has 1 aliphatic heterocycles. The van der Waals surface area contributed by atoms with Gasteiger partial charge >= 0.3 is 6.09 Å². The zero-order valence-electron chi connectivity index (χ0n) is 20.2. The fourth-order valence-corrected chi connectivity index (χ4v) is 3.94. The average Bonchev–Trinajstić information content (AvgIpc) is 2.88. The van der Waals surface area contributed by atoms with Gasteiger partial charge in [0.25, 0.3) is 5.91 Å². The van der Waals surface area contributed by atoms with Crippen LogP contribution in [0, 0.1) is 0 Å². The van der Waals surface area contributed by atoms with Crippen molar-refractivity contribution in [3.05, 3.63) is 58.8 Å². The minimum Gasteiger partial charge on any atom is -0.476 e. The van der Waals surface area contributed by atoms with Crippen LogP contribution >= 0.6 is 0 Å². The van der Waals surface area contributed by atoms with Crippen molar-refractivity contribution in [2.24, 2.45) is 0 Å². The van der Waals surface area contributed by atoms with Gasteiger partial charge in [0.05, 0.1) is 12.0 Å². The van der Waals surface area contributed by atoms with Crippen molar-refractivity contribution in [1.82, 2.24) is 9.80 Å². The molecule has 0 radical (unpaired) electrons. The number of carbonyl (C=O) groups excluding carboxylic acids is 2. The number of piperazine rings is 1. The van der Waals surface area contributed by atoms with Crippen LogP contribution in [-0.4, -0.2) is 75.3 Å². The first-order chi connectivity index (χ1) is 16.9. The molecule has 0 atom stereocenters. The second-order valence-corrected chi connectivity index (χ2v) is 8.38. The van der Waals surface area contributed by atoms with Crippen molar-refractivity contribution in [3.63, 3.8) is 0 Å². The molecule has 1 fully saturated rings. The van der Waals surface area contributed by atoms with E-state index >= 15 is 0 Å². The standard InChI is InChI=1S/C26H29N3O6/c1-4-33-26(32)29-15-13-28(14-16-29)22(30)17-34-25-23(31)20-7-5-6-8-21(20)35-24(25)18-9-11-19(12-10-18)27(2)3/h5-12H,4,13-17H2,1-3H3. The van der Waals surface area contributed by atoms with Crippen LogP contribution in [0.3, 0.4) is 0 Å². The molecule has 1 aromatic heterocycles. The molecule has 4 rings (SSSR count). The van der Waals surface area contributed by atoms with E-state index in [1.54, 1.807) is 41.0 Å². The Hall–Kier alpha value is -4.01. The molecule has 0 N–H and O–H groups in total. The van der Waals surface area contributed by atoms with E-state index in [0.29, 0.717) is 49.3 Å². The first kappa shape index (κ1) is 24.1. The van der Waals surface area contributed by atoms with E-state index in [-0.39, 0.29) is 35.5 Å². The number of hydrogen-bond acceptors (Lipinski definition) is 7. The number of ether oxygens (including phenoxy) is 2. The van der Waals surface area contributed by atoms with Crippen LogP contribution in [0.15, 0.2) is 57.7 Å². The monoisotopic (exact) mass is 479 g/mol. The summed E-state index contributed by atoms with van der Waals surface area (Å²) in [6.07, 6.45) is -0.380. The Kier molecular flexibility index (Phi) is 7.24. The number of fused-ring (bicyclic) bond motifs is 1. The molecule has 9 heteroatoms. The van der Waals surface area contributed by atoms with Gasteiger partial charge in [0.1, 0.15) is 5.58 Å². The van der Waals surface area contributed by atoms with Gasteiger partial charge in [-0.2, -0.15) is 0 Å². The van der Waals surface area contributed by atoms with Crippen molar-refractivity contribution < 1.29 is 23.5 Å². The maximum Gasteiger partial charge on any atom is 0.409 e. The van der Waals surface area contributed by atoms with Crippen molar-refractivity contribution in [3.8, 4) is 17.1 Å². The molecule has 184 valence electrons. The Bertz CT molecular complexity index is 1260. The van der Waals surface area contributed by atoms with E-state index in [1.807, 2.05) is 43.3 Å².